The Morgan fingerprint density at radius 1 is 0.750 bits per heavy atom. The van der Waals surface area contributed by atoms with E-state index in [1.165, 1.54) is 31.4 Å². The molecule has 0 heterocycles. The van der Waals surface area contributed by atoms with Crippen LogP contribution >= 0.6 is 0 Å². The van der Waals surface area contributed by atoms with Gasteiger partial charge in [0.15, 0.2) is 0 Å². The van der Waals surface area contributed by atoms with Gasteiger partial charge in [0.25, 0.3) is 0 Å². The van der Waals surface area contributed by atoms with Gasteiger partial charge >= 0.3 is 5.97 Å². The summed E-state index contributed by atoms with van der Waals surface area (Å²) in [6.45, 7) is 0. The predicted octanol–water partition coefficient (Wildman–Crippen LogP) is 5.09. The molecule has 120 valence electrons. The Balaban J connectivity index is 2.15. The van der Waals surface area contributed by atoms with Gasteiger partial charge in [-0.3, -0.25) is 0 Å². The first-order chi connectivity index (χ1) is 11.6. The lowest BCUT2D eigenvalue weighted by Gasteiger charge is -2.11. The molecule has 0 radical (unpaired) electrons. The maximum atomic E-state index is 13.2. The Morgan fingerprint density at radius 3 is 1.79 bits per heavy atom. The first-order valence-electron chi connectivity index (χ1n) is 7.33. The topological polar surface area (TPSA) is 26.3 Å². The van der Waals surface area contributed by atoms with E-state index in [1.807, 2.05) is 6.07 Å². The van der Waals surface area contributed by atoms with Crippen LogP contribution in [0.25, 0.3) is 22.3 Å². The van der Waals surface area contributed by atoms with Crippen LogP contribution < -0.4 is 0 Å². The highest BCUT2D eigenvalue weighted by atomic mass is 19.1. The molecule has 0 N–H and O–H groups in total. The summed E-state index contributed by atoms with van der Waals surface area (Å²) >= 11 is 0. The van der Waals surface area contributed by atoms with Crippen LogP contribution in [-0.2, 0) is 4.74 Å². The Bertz CT molecular complexity index is 869. The van der Waals surface area contributed by atoms with Gasteiger partial charge in [0, 0.05) is 0 Å². The second-order valence-corrected chi connectivity index (χ2v) is 5.27. The normalized spacial score (nSPS) is 10.5. The third kappa shape index (κ3) is 3.18. The zero-order chi connectivity index (χ0) is 17.1. The van der Waals surface area contributed by atoms with Crippen LogP contribution in [0.15, 0.2) is 66.7 Å². The summed E-state index contributed by atoms with van der Waals surface area (Å²) in [6.07, 6.45) is 0. The number of halogens is 2. The minimum absolute atomic E-state index is 0.316. The molecule has 0 bridgehead atoms. The molecule has 0 atom stereocenters. The SMILES string of the molecule is COC(=O)c1ccc(-c2ccc(F)cc2)cc1-c1ccc(F)cc1. The molecule has 0 aliphatic rings. The van der Waals surface area contributed by atoms with Gasteiger partial charge in [0.05, 0.1) is 12.7 Å². The summed E-state index contributed by atoms with van der Waals surface area (Å²) in [4.78, 5) is 12.0. The Kier molecular flexibility index (Phi) is 4.38. The van der Waals surface area contributed by atoms with Crippen molar-refractivity contribution < 1.29 is 18.3 Å². The number of carbonyl (C=O) groups is 1. The molecule has 0 amide bonds. The lowest BCUT2D eigenvalue weighted by molar-refractivity contribution is 0.0601. The van der Waals surface area contributed by atoms with E-state index in [4.69, 9.17) is 4.74 Å². The number of ether oxygens (including phenoxy) is 1. The van der Waals surface area contributed by atoms with Gasteiger partial charge in [-0.1, -0.05) is 30.3 Å². The number of methoxy groups -OCH3 is 1. The van der Waals surface area contributed by atoms with E-state index in [9.17, 15) is 13.6 Å². The van der Waals surface area contributed by atoms with Gasteiger partial charge < -0.3 is 4.74 Å². The fourth-order valence-electron chi connectivity index (χ4n) is 2.52. The summed E-state index contributed by atoms with van der Waals surface area (Å²) in [6, 6.07) is 17.2. The maximum Gasteiger partial charge on any atom is 0.338 e. The van der Waals surface area contributed by atoms with E-state index < -0.39 is 5.97 Å². The molecular formula is C20H14F2O2. The average molecular weight is 324 g/mol. The molecule has 2 nitrogen and oxygen atoms in total. The van der Waals surface area contributed by atoms with Crippen LogP contribution in [0.5, 0.6) is 0 Å². The lowest BCUT2D eigenvalue weighted by Crippen LogP contribution is -2.03. The van der Waals surface area contributed by atoms with Crippen molar-refractivity contribution in [1.82, 2.24) is 0 Å². The zero-order valence-corrected chi connectivity index (χ0v) is 12.9. The monoisotopic (exact) mass is 324 g/mol. The lowest BCUT2D eigenvalue weighted by atomic mass is 9.94. The van der Waals surface area contributed by atoms with Crippen molar-refractivity contribution in [3.05, 3.63) is 83.9 Å². The standard InChI is InChI=1S/C20H14F2O2/c1-24-20(23)18-11-6-15(13-2-7-16(21)8-3-13)12-19(18)14-4-9-17(22)10-5-14/h2-12H,1H3. The van der Waals surface area contributed by atoms with Crippen molar-refractivity contribution in [2.45, 2.75) is 0 Å². The molecule has 0 aliphatic heterocycles. The Labute approximate surface area is 138 Å². The third-order valence-corrected chi connectivity index (χ3v) is 3.76. The van der Waals surface area contributed by atoms with Crippen LogP contribution in [0.3, 0.4) is 0 Å². The second kappa shape index (κ2) is 6.62. The van der Waals surface area contributed by atoms with Gasteiger partial charge in [0.1, 0.15) is 11.6 Å². The van der Waals surface area contributed by atoms with Gasteiger partial charge in [-0.15, -0.1) is 0 Å². The average Bonchev–Trinajstić information content (AvgIpc) is 2.62. The van der Waals surface area contributed by atoms with E-state index in [-0.39, 0.29) is 11.6 Å². The fourth-order valence-corrected chi connectivity index (χ4v) is 2.52. The summed E-state index contributed by atoms with van der Waals surface area (Å²) in [5.74, 6) is -1.14. The molecule has 3 aromatic rings. The first kappa shape index (κ1) is 15.9. The molecule has 3 rings (SSSR count). The van der Waals surface area contributed by atoms with Gasteiger partial charge in [-0.2, -0.15) is 0 Å². The largest absolute Gasteiger partial charge is 0.465 e. The number of hydrogen-bond acceptors (Lipinski definition) is 2. The summed E-state index contributed by atoms with van der Waals surface area (Å²) < 4.78 is 31.1. The number of benzene rings is 3. The van der Waals surface area contributed by atoms with Crippen LogP contribution in [0.4, 0.5) is 8.78 Å². The van der Waals surface area contributed by atoms with Crippen molar-refractivity contribution in [2.75, 3.05) is 7.11 Å². The van der Waals surface area contributed by atoms with Crippen molar-refractivity contribution in [2.24, 2.45) is 0 Å². The highest BCUT2D eigenvalue weighted by Gasteiger charge is 2.15. The van der Waals surface area contributed by atoms with Crippen molar-refractivity contribution in [3.8, 4) is 22.3 Å². The molecule has 0 spiro atoms. The molecule has 3 aromatic carbocycles. The van der Waals surface area contributed by atoms with E-state index >= 15 is 0 Å². The third-order valence-electron chi connectivity index (χ3n) is 3.76. The molecule has 24 heavy (non-hydrogen) atoms. The van der Waals surface area contributed by atoms with Crippen LogP contribution in [0.2, 0.25) is 0 Å². The molecule has 0 aromatic heterocycles. The zero-order valence-electron chi connectivity index (χ0n) is 12.9. The molecule has 0 saturated carbocycles. The smallest absolute Gasteiger partial charge is 0.338 e. The molecule has 0 saturated heterocycles. The molecule has 0 unspecified atom stereocenters. The van der Waals surface area contributed by atoms with Gasteiger partial charge in [-0.25, -0.2) is 13.6 Å². The second-order valence-electron chi connectivity index (χ2n) is 5.27. The highest BCUT2D eigenvalue weighted by molar-refractivity contribution is 5.98. The first-order valence-corrected chi connectivity index (χ1v) is 7.33. The predicted molar refractivity (Wildman–Crippen MR) is 88.6 cm³/mol. The fraction of sp³-hybridized carbons (Fsp3) is 0.0500. The minimum Gasteiger partial charge on any atom is -0.465 e. The number of esters is 1. The van der Waals surface area contributed by atoms with Crippen LogP contribution in [0, 0.1) is 11.6 Å². The molecule has 0 aliphatic carbocycles. The van der Waals surface area contributed by atoms with Crippen molar-refractivity contribution in [3.63, 3.8) is 0 Å². The summed E-state index contributed by atoms with van der Waals surface area (Å²) in [5, 5.41) is 0. The van der Waals surface area contributed by atoms with E-state index in [0.29, 0.717) is 16.7 Å². The maximum absolute atomic E-state index is 13.2. The van der Waals surface area contributed by atoms with Gasteiger partial charge in [-0.05, 0) is 58.7 Å². The van der Waals surface area contributed by atoms with Crippen molar-refractivity contribution in [1.29, 1.82) is 0 Å². The summed E-state index contributed by atoms with van der Waals surface area (Å²) in [5.41, 5.74) is 3.34. The number of carbonyl (C=O) groups excluding carboxylic acids is 1. The molecular weight excluding hydrogens is 310 g/mol. The van der Waals surface area contributed by atoms with Crippen LogP contribution in [0.1, 0.15) is 10.4 Å². The van der Waals surface area contributed by atoms with Crippen molar-refractivity contribution >= 4 is 5.97 Å². The molecule has 0 fully saturated rings. The summed E-state index contributed by atoms with van der Waals surface area (Å²) in [7, 11) is 1.31. The number of rotatable bonds is 3. The van der Waals surface area contributed by atoms with Gasteiger partial charge in [0.2, 0.25) is 0 Å². The Hall–Kier alpha value is -3.01. The quantitative estimate of drug-likeness (QED) is 0.628. The Morgan fingerprint density at radius 2 is 1.25 bits per heavy atom. The highest BCUT2D eigenvalue weighted by Crippen LogP contribution is 2.30. The minimum atomic E-state index is -0.472. The van der Waals surface area contributed by atoms with E-state index in [2.05, 4.69) is 0 Å². The van der Waals surface area contributed by atoms with E-state index in [1.54, 1.807) is 36.4 Å². The molecule has 4 heteroatoms. The van der Waals surface area contributed by atoms with Crippen LogP contribution in [-0.4, -0.2) is 13.1 Å². The van der Waals surface area contributed by atoms with E-state index in [0.717, 1.165) is 11.1 Å². The number of hydrogen-bond donors (Lipinski definition) is 0.